The van der Waals surface area contributed by atoms with Gasteiger partial charge in [0.1, 0.15) is 0 Å². The van der Waals surface area contributed by atoms with E-state index < -0.39 is 0 Å². The normalized spacial score (nSPS) is 16.2. The number of pyridine rings is 1. The highest BCUT2D eigenvalue weighted by molar-refractivity contribution is 5.99. The van der Waals surface area contributed by atoms with Gasteiger partial charge >= 0.3 is 0 Å². The Bertz CT molecular complexity index is 703. The van der Waals surface area contributed by atoms with E-state index in [9.17, 15) is 4.79 Å². The monoisotopic (exact) mass is 297 g/mol. The second kappa shape index (κ2) is 6.05. The number of para-hydroxylation sites is 1. The largest absolute Gasteiger partial charge is 0.338 e. The number of hydrogen-bond donors (Lipinski definition) is 1. The summed E-state index contributed by atoms with van der Waals surface area (Å²) in [6.07, 6.45) is 2.03. The van der Waals surface area contributed by atoms with Gasteiger partial charge in [-0.2, -0.15) is 0 Å². The van der Waals surface area contributed by atoms with E-state index >= 15 is 0 Å². The zero-order valence-electron chi connectivity index (χ0n) is 13.5. The zero-order chi connectivity index (χ0) is 15.7. The van der Waals surface area contributed by atoms with Gasteiger partial charge in [-0.1, -0.05) is 18.2 Å². The molecule has 2 aromatic rings. The molecule has 3 rings (SSSR count). The standard InChI is InChI=1S/C18H23N3O/c1-12-5-4-6-14-11-16(13(2)20-17(12)14)18(22)21-9-7-15(19-3)8-10-21/h4-6,11,15,19H,7-10H2,1-3H3. The summed E-state index contributed by atoms with van der Waals surface area (Å²) in [7, 11) is 1.99. The SMILES string of the molecule is CNC1CCN(C(=O)c2cc3cccc(C)c3nc2C)CC1. The molecule has 0 radical (unpaired) electrons. The number of benzene rings is 1. The van der Waals surface area contributed by atoms with Crippen LogP contribution < -0.4 is 5.32 Å². The molecule has 1 aromatic carbocycles. The van der Waals surface area contributed by atoms with Gasteiger partial charge in [0, 0.05) is 24.5 Å². The number of hydrogen-bond acceptors (Lipinski definition) is 3. The van der Waals surface area contributed by atoms with Crippen molar-refractivity contribution in [1.29, 1.82) is 0 Å². The van der Waals surface area contributed by atoms with E-state index in [1.165, 1.54) is 0 Å². The molecule has 1 N–H and O–H groups in total. The van der Waals surface area contributed by atoms with Crippen molar-refractivity contribution < 1.29 is 4.79 Å². The first-order valence-corrected chi connectivity index (χ1v) is 7.93. The van der Waals surface area contributed by atoms with Gasteiger partial charge in [-0.3, -0.25) is 9.78 Å². The van der Waals surface area contributed by atoms with Crippen LogP contribution in [0.15, 0.2) is 24.3 Å². The summed E-state index contributed by atoms with van der Waals surface area (Å²) in [4.78, 5) is 19.4. The molecule has 0 aliphatic carbocycles. The van der Waals surface area contributed by atoms with Crippen LogP contribution >= 0.6 is 0 Å². The maximum atomic E-state index is 12.8. The molecule has 1 aromatic heterocycles. The summed E-state index contributed by atoms with van der Waals surface area (Å²) in [5.74, 6) is 0.114. The highest BCUT2D eigenvalue weighted by Gasteiger charge is 2.24. The van der Waals surface area contributed by atoms with Crippen LogP contribution in [0.4, 0.5) is 0 Å². The first-order chi connectivity index (χ1) is 10.6. The van der Waals surface area contributed by atoms with Gasteiger partial charge in [-0.05, 0) is 45.4 Å². The van der Waals surface area contributed by atoms with Crippen molar-refractivity contribution in [2.45, 2.75) is 32.7 Å². The minimum Gasteiger partial charge on any atom is -0.338 e. The molecule has 4 nitrogen and oxygen atoms in total. The summed E-state index contributed by atoms with van der Waals surface area (Å²) >= 11 is 0. The number of amides is 1. The fourth-order valence-corrected chi connectivity index (χ4v) is 3.20. The van der Waals surface area contributed by atoms with E-state index in [1.54, 1.807) is 0 Å². The zero-order valence-corrected chi connectivity index (χ0v) is 13.5. The number of piperidine rings is 1. The lowest BCUT2D eigenvalue weighted by atomic mass is 10.0. The molecule has 0 spiro atoms. The van der Waals surface area contributed by atoms with E-state index in [1.807, 2.05) is 37.1 Å². The third-order valence-corrected chi connectivity index (χ3v) is 4.66. The molecule has 4 heteroatoms. The average Bonchev–Trinajstić information content (AvgIpc) is 2.55. The van der Waals surface area contributed by atoms with Crippen LogP contribution in [0.25, 0.3) is 10.9 Å². The van der Waals surface area contributed by atoms with Crippen LogP contribution in [0.2, 0.25) is 0 Å². The Kier molecular flexibility index (Phi) is 4.12. The molecule has 116 valence electrons. The van der Waals surface area contributed by atoms with Crippen LogP contribution in [0.5, 0.6) is 0 Å². The molecular weight excluding hydrogens is 274 g/mol. The number of aryl methyl sites for hydroxylation is 2. The summed E-state index contributed by atoms with van der Waals surface area (Å²) in [6, 6.07) is 8.62. The first kappa shape index (κ1) is 15.0. The Hall–Kier alpha value is -1.94. The number of aromatic nitrogens is 1. The Balaban J connectivity index is 1.90. The number of carbonyl (C=O) groups excluding carboxylic acids is 1. The molecule has 1 saturated heterocycles. The fraction of sp³-hybridized carbons (Fsp3) is 0.444. The van der Waals surface area contributed by atoms with E-state index in [0.717, 1.165) is 53.7 Å². The van der Waals surface area contributed by atoms with E-state index in [4.69, 9.17) is 0 Å². The predicted octanol–water partition coefficient (Wildman–Crippen LogP) is 2.68. The van der Waals surface area contributed by atoms with Gasteiger partial charge in [0.15, 0.2) is 0 Å². The maximum Gasteiger partial charge on any atom is 0.255 e. The molecule has 1 amide bonds. The van der Waals surface area contributed by atoms with Crippen molar-refractivity contribution in [2.24, 2.45) is 0 Å². The molecule has 0 bridgehead atoms. The number of rotatable bonds is 2. The fourth-order valence-electron chi connectivity index (χ4n) is 3.20. The minimum absolute atomic E-state index is 0.114. The van der Waals surface area contributed by atoms with Crippen molar-refractivity contribution in [1.82, 2.24) is 15.2 Å². The third kappa shape index (κ3) is 2.71. The lowest BCUT2D eigenvalue weighted by molar-refractivity contribution is 0.0706. The summed E-state index contributed by atoms with van der Waals surface area (Å²) in [5, 5.41) is 4.34. The Morgan fingerprint density at radius 1 is 1.27 bits per heavy atom. The number of carbonyl (C=O) groups is 1. The summed E-state index contributed by atoms with van der Waals surface area (Å²) in [6.45, 7) is 5.61. The van der Waals surface area contributed by atoms with E-state index in [2.05, 4.69) is 23.3 Å². The van der Waals surface area contributed by atoms with Gasteiger partial charge in [0.25, 0.3) is 5.91 Å². The Morgan fingerprint density at radius 3 is 2.68 bits per heavy atom. The topological polar surface area (TPSA) is 45.2 Å². The molecule has 2 heterocycles. The van der Waals surface area contributed by atoms with Gasteiger partial charge in [0.2, 0.25) is 0 Å². The summed E-state index contributed by atoms with van der Waals surface area (Å²) in [5.41, 5.74) is 3.70. The van der Waals surface area contributed by atoms with Crippen LogP contribution in [-0.4, -0.2) is 42.0 Å². The van der Waals surface area contributed by atoms with Crippen LogP contribution in [0.1, 0.15) is 34.5 Å². The highest BCUT2D eigenvalue weighted by Crippen LogP contribution is 2.22. The third-order valence-electron chi connectivity index (χ3n) is 4.66. The van der Waals surface area contributed by atoms with Gasteiger partial charge in [0.05, 0.1) is 16.8 Å². The van der Waals surface area contributed by atoms with E-state index in [-0.39, 0.29) is 5.91 Å². The predicted molar refractivity (Wildman–Crippen MR) is 89.2 cm³/mol. The molecule has 1 aliphatic heterocycles. The van der Waals surface area contributed by atoms with Crippen LogP contribution in [-0.2, 0) is 0 Å². The van der Waals surface area contributed by atoms with Gasteiger partial charge in [-0.25, -0.2) is 0 Å². The Morgan fingerprint density at radius 2 is 2.00 bits per heavy atom. The molecule has 0 atom stereocenters. The lowest BCUT2D eigenvalue weighted by Gasteiger charge is -2.32. The molecule has 22 heavy (non-hydrogen) atoms. The Labute approximate surface area is 131 Å². The first-order valence-electron chi connectivity index (χ1n) is 7.93. The lowest BCUT2D eigenvalue weighted by Crippen LogP contribution is -2.44. The van der Waals surface area contributed by atoms with Crippen molar-refractivity contribution in [3.8, 4) is 0 Å². The van der Waals surface area contributed by atoms with E-state index in [0.29, 0.717) is 6.04 Å². The number of nitrogens with one attached hydrogen (secondary N) is 1. The minimum atomic E-state index is 0.114. The molecular formula is C18H23N3O. The number of likely N-dealkylation sites (tertiary alicyclic amines) is 1. The maximum absolute atomic E-state index is 12.8. The van der Waals surface area contributed by atoms with Crippen LogP contribution in [0, 0.1) is 13.8 Å². The summed E-state index contributed by atoms with van der Waals surface area (Å²) < 4.78 is 0. The van der Waals surface area contributed by atoms with Crippen molar-refractivity contribution in [3.63, 3.8) is 0 Å². The molecule has 0 saturated carbocycles. The van der Waals surface area contributed by atoms with Crippen LogP contribution in [0.3, 0.4) is 0 Å². The smallest absolute Gasteiger partial charge is 0.255 e. The van der Waals surface area contributed by atoms with Crippen molar-refractivity contribution in [3.05, 3.63) is 41.1 Å². The average molecular weight is 297 g/mol. The van der Waals surface area contributed by atoms with Crippen molar-refractivity contribution >= 4 is 16.8 Å². The van der Waals surface area contributed by atoms with Crippen molar-refractivity contribution in [2.75, 3.05) is 20.1 Å². The number of fused-ring (bicyclic) bond motifs is 1. The quantitative estimate of drug-likeness (QED) is 0.927. The number of nitrogens with zero attached hydrogens (tertiary/aromatic N) is 2. The van der Waals surface area contributed by atoms with Gasteiger partial charge < -0.3 is 10.2 Å². The molecule has 0 unspecified atom stereocenters. The highest BCUT2D eigenvalue weighted by atomic mass is 16.2. The second-order valence-electron chi connectivity index (χ2n) is 6.12. The second-order valence-corrected chi connectivity index (χ2v) is 6.12. The molecule has 1 aliphatic rings. The molecule has 1 fully saturated rings. The van der Waals surface area contributed by atoms with Gasteiger partial charge in [-0.15, -0.1) is 0 Å².